The summed E-state index contributed by atoms with van der Waals surface area (Å²) in [6.07, 6.45) is 0. The van der Waals surface area contributed by atoms with Crippen LogP contribution in [0, 0.1) is 17.0 Å². The van der Waals surface area contributed by atoms with Crippen LogP contribution in [-0.2, 0) is 7.05 Å². The Hall–Kier alpha value is -1.39. The van der Waals surface area contributed by atoms with E-state index in [1.54, 1.807) is 18.7 Å². The lowest BCUT2D eigenvalue weighted by molar-refractivity contribution is -0.386. The van der Waals surface area contributed by atoms with Crippen LogP contribution in [0.15, 0.2) is 0 Å². The first-order valence-electron chi connectivity index (χ1n) is 4.13. The first kappa shape index (κ1) is 9.70. The lowest BCUT2D eigenvalue weighted by Gasteiger charge is -1.97. The molecule has 1 aromatic heterocycles. The highest BCUT2D eigenvalue weighted by molar-refractivity contribution is 5.41. The van der Waals surface area contributed by atoms with Crippen LogP contribution in [0.2, 0.25) is 0 Å². The van der Waals surface area contributed by atoms with Crippen molar-refractivity contribution >= 4 is 5.69 Å². The van der Waals surface area contributed by atoms with E-state index < -0.39 is 0 Å². The normalized spacial score (nSPS) is 10.8. The zero-order valence-electron chi connectivity index (χ0n) is 8.24. The van der Waals surface area contributed by atoms with Crippen LogP contribution in [-0.4, -0.2) is 14.7 Å². The predicted molar refractivity (Wildman–Crippen MR) is 48.7 cm³/mol. The Morgan fingerprint density at radius 3 is 2.38 bits per heavy atom. The lowest BCUT2D eigenvalue weighted by Crippen LogP contribution is -1.95. The molecule has 0 aromatic carbocycles. The molecule has 0 bridgehead atoms. The van der Waals surface area contributed by atoms with Crippen molar-refractivity contribution in [3.8, 4) is 0 Å². The van der Waals surface area contributed by atoms with Gasteiger partial charge in [-0.3, -0.25) is 14.8 Å². The largest absolute Gasteiger partial charge is 0.313 e. The number of rotatable bonds is 2. The molecule has 0 atom stereocenters. The molecule has 0 saturated carbocycles. The summed E-state index contributed by atoms with van der Waals surface area (Å²) >= 11 is 0. The maximum Gasteiger partial charge on any atom is 0.313 e. The van der Waals surface area contributed by atoms with Gasteiger partial charge in [0.25, 0.3) is 0 Å². The monoisotopic (exact) mass is 183 g/mol. The summed E-state index contributed by atoms with van der Waals surface area (Å²) in [6.45, 7) is 5.50. The van der Waals surface area contributed by atoms with Crippen molar-refractivity contribution < 1.29 is 4.92 Å². The van der Waals surface area contributed by atoms with E-state index in [0.717, 1.165) is 0 Å². The maximum absolute atomic E-state index is 10.7. The molecule has 5 heteroatoms. The third-order valence-electron chi connectivity index (χ3n) is 2.06. The molecule has 0 aliphatic heterocycles. The van der Waals surface area contributed by atoms with Crippen molar-refractivity contribution in [1.29, 1.82) is 0 Å². The van der Waals surface area contributed by atoms with Gasteiger partial charge in [-0.1, -0.05) is 13.8 Å². The average Bonchev–Trinajstić information content (AvgIpc) is 2.28. The van der Waals surface area contributed by atoms with Gasteiger partial charge in [-0.25, -0.2) is 0 Å². The standard InChI is InChI=1S/C8H13N3O2/c1-5(2)7-8(11(12)13)6(3)10(4)9-7/h5H,1-4H3. The first-order chi connectivity index (χ1) is 5.95. The minimum absolute atomic E-state index is 0.0836. The smallest absolute Gasteiger partial charge is 0.265 e. The Balaban J connectivity index is 3.35. The molecule has 0 spiro atoms. The molecule has 72 valence electrons. The van der Waals surface area contributed by atoms with Crippen LogP contribution >= 0.6 is 0 Å². The molecule has 1 rings (SSSR count). The first-order valence-corrected chi connectivity index (χ1v) is 4.13. The second-order valence-corrected chi connectivity index (χ2v) is 3.35. The Bertz CT molecular complexity index is 341. The van der Waals surface area contributed by atoms with E-state index in [2.05, 4.69) is 5.10 Å². The van der Waals surface area contributed by atoms with E-state index >= 15 is 0 Å². The molecule has 0 radical (unpaired) electrons. The summed E-state index contributed by atoms with van der Waals surface area (Å²) in [5.74, 6) is 0.0836. The van der Waals surface area contributed by atoms with Crippen LogP contribution in [0.4, 0.5) is 5.69 Å². The summed E-state index contributed by atoms with van der Waals surface area (Å²) in [5.41, 5.74) is 1.32. The number of hydrogen-bond donors (Lipinski definition) is 0. The van der Waals surface area contributed by atoms with Crippen molar-refractivity contribution in [1.82, 2.24) is 9.78 Å². The molecular formula is C8H13N3O2. The van der Waals surface area contributed by atoms with Crippen LogP contribution in [0.5, 0.6) is 0 Å². The highest BCUT2D eigenvalue weighted by Gasteiger charge is 2.25. The molecule has 0 aliphatic carbocycles. The van der Waals surface area contributed by atoms with E-state index in [-0.39, 0.29) is 16.5 Å². The van der Waals surface area contributed by atoms with Gasteiger partial charge in [-0.2, -0.15) is 5.10 Å². The van der Waals surface area contributed by atoms with E-state index in [1.165, 1.54) is 0 Å². The molecule has 0 amide bonds. The number of aromatic nitrogens is 2. The molecule has 13 heavy (non-hydrogen) atoms. The SMILES string of the molecule is Cc1c([N+](=O)[O-])c(C(C)C)nn1C. The van der Waals surface area contributed by atoms with E-state index in [9.17, 15) is 10.1 Å². The highest BCUT2D eigenvalue weighted by Crippen LogP contribution is 2.27. The molecule has 0 saturated heterocycles. The number of nitrogens with zero attached hydrogens (tertiary/aromatic N) is 3. The topological polar surface area (TPSA) is 61.0 Å². The second-order valence-electron chi connectivity index (χ2n) is 3.35. The van der Waals surface area contributed by atoms with Gasteiger partial charge in [0.15, 0.2) is 0 Å². The van der Waals surface area contributed by atoms with Gasteiger partial charge in [-0.05, 0) is 6.92 Å². The van der Waals surface area contributed by atoms with Crippen LogP contribution in [0.3, 0.4) is 0 Å². The van der Waals surface area contributed by atoms with Crippen molar-refractivity contribution in [2.45, 2.75) is 26.7 Å². The van der Waals surface area contributed by atoms with Crippen LogP contribution in [0.25, 0.3) is 0 Å². The van der Waals surface area contributed by atoms with E-state index in [0.29, 0.717) is 11.4 Å². The fourth-order valence-electron chi connectivity index (χ4n) is 1.24. The van der Waals surface area contributed by atoms with Crippen molar-refractivity contribution in [3.05, 3.63) is 21.5 Å². The summed E-state index contributed by atoms with van der Waals surface area (Å²) in [4.78, 5) is 10.3. The van der Waals surface area contributed by atoms with E-state index in [4.69, 9.17) is 0 Å². The van der Waals surface area contributed by atoms with Gasteiger partial charge in [0.2, 0.25) is 0 Å². The highest BCUT2D eigenvalue weighted by atomic mass is 16.6. The number of nitro groups is 1. The third kappa shape index (κ3) is 1.54. The Morgan fingerprint density at radius 2 is 2.08 bits per heavy atom. The van der Waals surface area contributed by atoms with Gasteiger partial charge in [0, 0.05) is 13.0 Å². The lowest BCUT2D eigenvalue weighted by atomic mass is 10.1. The molecule has 0 unspecified atom stereocenters. The number of hydrogen-bond acceptors (Lipinski definition) is 3. The van der Waals surface area contributed by atoms with Crippen molar-refractivity contribution in [2.75, 3.05) is 0 Å². The molecule has 0 N–H and O–H groups in total. The van der Waals surface area contributed by atoms with Crippen LogP contribution < -0.4 is 0 Å². The van der Waals surface area contributed by atoms with Gasteiger partial charge >= 0.3 is 5.69 Å². The zero-order chi connectivity index (χ0) is 10.2. The summed E-state index contributed by atoms with van der Waals surface area (Å²) in [6, 6.07) is 0. The quantitative estimate of drug-likeness (QED) is 0.518. The maximum atomic E-state index is 10.7. The molecule has 0 aliphatic rings. The second kappa shape index (κ2) is 3.16. The van der Waals surface area contributed by atoms with Crippen molar-refractivity contribution in [2.24, 2.45) is 7.05 Å². The van der Waals surface area contributed by atoms with Gasteiger partial charge in [-0.15, -0.1) is 0 Å². The molecule has 5 nitrogen and oxygen atoms in total. The van der Waals surface area contributed by atoms with E-state index in [1.807, 2.05) is 13.8 Å². The van der Waals surface area contributed by atoms with Gasteiger partial charge in [0.1, 0.15) is 11.4 Å². The fraction of sp³-hybridized carbons (Fsp3) is 0.625. The van der Waals surface area contributed by atoms with Gasteiger partial charge < -0.3 is 0 Å². The zero-order valence-corrected chi connectivity index (χ0v) is 8.24. The molecule has 1 aromatic rings. The summed E-state index contributed by atoms with van der Waals surface area (Å²) < 4.78 is 1.55. The predicted octanol–water partition coefficient (Wildman–Crippen LogP) is 1.76. The molecule has 0 fully saturated rings. The third-order valence-corrected chi connectivity index (χ3v) is 2.06. The molecule has 1 heterocycles. The fourth-order valence-corrected chi connectivity index (χ4v) is 1.24. The Morgan fingerprint density at radius 1 is 1.54 bits per heavy atom. The summed E-state index contributed by atoms with van der Waals surface area (Å²) in [5, 5.41) is 14.8. The number of aryl methyl sites for hydroxylation is 1. The minimum Gasteiger partial charge on any atom is -0.265 e. The molecular weight excluding hydrogens is 170 g/mol. The Labute approximate surface area is 76.5 Å². The van der Waals surface area contributed by atoms with Crippen LogP contribution in [0.1, 0.15) is 31.2 Å². The average molecular weight is 183 g/mol. The Kier molecular flexibility index (Phi) is 2.36. The van der Waals surface area contributed by atoms with Crippen molar-refractivity contribution in [3.63, 3.8) is 0 Å². The summed E-state index contributed by atoms with van der Waals surface area (Å²) in [7, 11) is 1.72. The minimum atomic E-state index is -0.363. The van der Waals surface area contributed by atoms with Gasteiger partial charge in [0.05, 0.1) is 4.92 Å².